The molecule has 310 valence electrons. The zero-order valence-electron chi connectivity index (χ0n) is 36.5. The molecule has 2 aliphatic heterocycles. The van der Waals surface area contributed by atoms with Crippen molar-refractivity contribution in [3.8, 4) is 0 Å². The summed E-state index contributed by atoms with van der Waals surface area (Å²) in [6.07, 6.45) is 19.6. The van der Waals surface area contributed by atoms with Crippen LogP contribution in [0.1, 0.15) is 126 Å². The van der Waals surface area contributed by atoms with Crippen molar-refractivity contribution in [2.75, 3.05) is 79.7 Å². The summed E-state index contributed by atoms with van der Waals surface area (Å²) in [5.41, 5.74) is 1.20. The number of aromatic nitrogens is 1. The molecule has 0 aromatic carbocycles. The molecule has 2 amide bonds. The van der Waals surface area contributed by atoms with Crippen LogP contribution in [0.2, 0.25) is 0 Å². The summed E-state index contributed by atoms with van der Waals surface area (Å²) in [4.78, 5) is 32.9. The molecule has 3 rings (SSSR count). The highest BCUT2D eigenvalue weighted by molar-refractivity contribution is 5.78. The van der Waals surface area contributed by atoms with Gasteiger partial charge in [0, 0.05) is 57.0 Å². The Labute approximate surface area is 328 Å². The van der Waals surface area contributed by atoms with Gasteiger partial charge in [0.2, 0.25) is 11.8 Å². The number of rotatable bonds is 14. The van der Waals surface area contributed by atoms with E-state index in [1.807, 2.05) is 122 Å². The fraction of sp³-hybridized carbons (Fsp3) is 0.705. The second-order valence-corrected chi connectivity index (χ2v) is 12.6. The molecule has 0 saturated carbocycles. The van der Waals surface area contributed by atoms with E-state index >= 15 is 0 Å². The summed E-state index contributed by atoms with van der Waals surface area (Å²) >= 11 is 0. The van der Waals surface area contributed by atoms with Gasteiger partial charge < -0.3 is 29.9 Å². The number of aliphatic hydroxyl groups is 1. The first-order chi connectivity index (χ1) is 25.6. The number of amides is 2. The maximum Gasteiger partial charge on any atom is 0.225 e. The van der Waals surface area contributed by atoms with E-state index in [2.05, 4.69) is 36.8 Å². The highest BCUT2D eigenvalue weighted by Crippen LogP contribution is 2.14. The van der Waals surface area contributed by atoms with Crippen molar-refractivity contribution in [1.29, 1.82) is 0 Å². The highest BCUT2D eigenvalue weighted by Gasteiger charge is 2.19. The van der Waals surface area contributed by atoms with Crippen LogP contribution >= 0.6 is 0 Å². The lowest BCUT2D eigenvalue weighted by Crippen LogP contribution is -2.38. The van der Waals surface area contributed by atoms with Crippen LogP contribution in [0.5, 0.6) is 0 Å². The fourth-order valence-corrected chi connectivity index (χ4v) is 4.48. The van der Waals surface area contributed by atoms with E-state index in [-0.39, 0.29) is 18.4 Å². The molecule has 1 aromatic heterocycles. The van der Waals surface area contributed by atoms with Crippen molar-refractivity contribution < 1.29 is 19.4 Å². The Morgan fingerprint density at radius 3 is 1.94 bits per heavy atom. The number of hydrogen-bond acceptors (Lipinski definition) is 7. The number of nitrogens with zero attached hydrogens (tertiary/aromatic N) is 4. The Balaban J connectivity index is -0.000000286. The van der Waals surface area contributed by atoms with E-state index in [1.54, 1.807) is 11.0 Å². The van der Waals surface area contributed by atoms with Crippen LogP contribution in [0.4, 0.5) is 0 Å². The summed E-state index contributed by atoms with van der Waals surface area (Å²) in [7, 11) is 3.97. The molecule has 3 heterocycles. The predicted molar refractivity (Wildman–Crippen MR) is 230 cm³/mol. The average molecular weight is 748 g/mol. The van der Waals surface area contributed by atoms with Crippen LogP contribution < -0.4 is 5.32 Å². The molecule has 1 aromatic rings. The lowest BCUT2D eigenvalue weighted by molar-refractivity contribution is -0.133. The molecule has 0 aliphatic carbocycles. The quantitative estimate of drug-likeness (QED) is 0.145. The molecule has 0 spiro atoms. The zero-order valence-corrected chi connectivity index (χ0v) is 36.5. The largest absolute Gasteiger partial charge is 0.394 e. The fourth-order valence-electron chi connectivity index (χ4n) is 4.48. The Morgan fingerprint density at radius 1 is 0.925 bits per heavy atom. The monoisotopic (exact) mass is 748 g/mol. The summed E-state index contributed by atoms with van der Waals surface area (Å²) in [5.74, 6) is 1.24. The summed E-state index contributed by atoms with van der Waals surface area (Å²) in [6, 6.07) is 6.06. The summed E-state index contributed by atoms with van der Waals surface area (Å²) < 4.78 is 5.16. The van der Waals surface area contributed by atoms with Gasteiger partial charge in [-0.15, -0.1) is 0 Å². The first-order valence-corrected chi connectivity index (χ1v) is 20.5. The van der Waals surface area contributed by atoms with Crippen molar-refractivity contribution >= 4 is 11.8 Å². The molecular weight excluding hydrogens is 663 g/mol. The predicted octanol–water partition coefficient (Wildman–Crippen LogP) is 8.77. The molecule has 9 nitrogen and oxygen atoms in total. The lowest BCUT2D eigenvalue weighted by atomic mass is 10.1. The number of likely N-dealkylation sites (N-methyl/N-ethyl adjacent to an activating group) is 1. The Morgan fingerprint density at radius 2 is 1.55 bits per heavy atom. The molecule has 1 unspecified atom stereocenters. The third kappa shape index (κ3) is 38.7. The van der Waals surface area contributed by atoms with Gasteiger partial charge in [0.15, 0.2) is 0 Å². The molecule has 0 radical (unpaired) electrons. The smallest absolute Gasteiger partial charge is 0.225 e. The number of carbonyl (C=O) groups excluding carboxylic acids is 2. The van der Waals surface area contributed by atoms with Gasteiger partial charge in [0.1, 0.15) is 0 Å². The van der Waals surface area contributed by atoms with Crippen molar-refractivity contribution in [1.82, 2.24) is 25.0 Å². The van der Waals surface area contributed by atoms with Gasteiger partial charge >= 0.3 is 0 Å². The number of hydrogen-bond donors (Lipinski definition) is 2. The second-order valence-electron chi connectivity index (χ2n) is 12.6. The van der Waals surface area contributed by atoms with Gasteiger partial charge in [-0.05, 0) is 84.3 Å². The van der Waals surface area contributed by atoms with Crippen LogP contribution in [0.3, 0.4) is 0 Å². The number of piperidine rings is 1. The number of nitrogens with one attached hydrogen (secondary N) is 1. The van der Waals surface area contributed by atoms with Gasteiger partial charge in [-0.1, -0.05) is 112 Å². The normalized spacial score (nSPS) is 13.6. The van der Waals surface area contributed by atoms with Gasteiger partial charge in [0.25, 0.3) is 0 Å². The van der Waals surface area contributed by atoms with Crippen molar-refractivity contribution in [3.05, 3.63) is 67.0 Å². The molecule has 9 heteroatoms. The lowest BCUT2D eigenvalue weighted by Gasteiger charge is -2.23. The van der Waals surface area contributed by atoms with Crippen molar-refractivity contribution in [2.24, 2.45) is 5.92 Å². The Bertz CT molecular complexity index is 948. The minimum absolute atomic E-state index is 0.0272. The standard InChI is InChI=1S/C11H24N2O3.C9H13N.C8H15NO.C7H10.C5H11N.2C2H6/c1-4-11(15)13(6-5-12(2)3)7-9-16-10-8-14;1-3-8(2)9-6-4-5-7-10-9;1-7(2)8(10)9-5-3-4-6-9;1-3-5-7-6-4-2;1-2-4-6-5-3-1;2*1-2/h14H,4-10H2,1-3H3;4-8H,3H2,1-2H3;7H,3-6H2,1-2H3;3-7H,1H2,2H3;6H,1-5H2;2*1-2H3/b;;;6-4-,7-5-;;;. The van der Waals surface area contributed by atoms with Crippen molar-refractivity contribution in [3.63, 3.8) is 0 Å². The summed E-state index contributed by atoms with van der Waals surface area (Å²) in [5, 5.41) is 11.8. The maximum absolute atomic E-state index is 11.6. The van der Waals surface area contributed by atoms with E-state index in [4.69, 9.17) is 9.84 Å². The third-order valence-electron chi connectivity index (χ3n) is 7.69. The zero-order chi connectivity index (χ0) is 41.1. The van der Waals surface area contributed by atoms with E-state index in [0.29, 0.717) is 38.0 Å². The molecule has 53 heavy (non-hydrogen) atoms. The maximum atomic E-state index is 11.6. The number of pyridine rings is 1. The topological polar surface area (TPSA) is 98.2 Å². The van der Waals surface area contributed by atoms with Crippen LogP contribution in [0, 0.1) is 5.92 Å². The Hall–Kier alpha value is -2.85. The third-order valence-corrected chi connectivity index (χ3v) is 7.69. The number of carbonyl (C=O) groups is 2. The van der Waals surface area contributed by atoms with Crippen LogP contribution in [-0.2, 0) is 14.3 Å². The van der Waals surface area contributed by atoms with Gasteiger partial charge in [-0.3, -0.25) is 14.6 Å². The van der Waals surface area contributed by atoms with Gasteiger partial charge in [0.05, 0.1) is 19.8 Å². The van der Waals surface area contributed by atoms with Gasteiger partial charge in [-0.25, -0.2) is 0 Å². The number of allylic oxidation sites excluding steroid dienone is 5. The van der Waals surface area contributed by atoms with E-state index in [1.165, 1.54) is 50.9 Å². The molecular formula is C44H85N5O4. The van der Waals surface area contributed by atoms with Crippen molar-refractivity contribution in [2.45, 2.75) is 120 Å². The molecule has 0 bridgehead atoms. The first kappa shape index (κ1) is 56.9. The Kier molecular flexibility index (Phi) is 48.6. The van der Waals surface area contributed by atoms with Gasteiger partial charge in [-0.2, -0.15) is 0 Å². The number of likely N-dealkylation sites (tertiary alicyclic amines) is 1. The molecule has 2 saturated heterocycles. The molecule has 2 fully saturated rings. The molecule has 1 atom stereocenters. The van der Waals surface area contributed by atoms with Crippen LogP contribution in [-0.4, -0.2) is 116 Å². The molecule has 2 N–H and O–H groups in total. The molecule has 2 aliphatic rings. The average Bonchev–Trinajstić information content (AvgIpc) is 3.76. The minimum Gasteiger partial charge on any atom is -0.394 e. The number of aliphatic hydroxyl groups excluding tert-OH is 1. The number of ether oxygens (including phenoxy) is 1. The highest BCUT2D eigenvalue weighted by atomic mass is 16.5. The van der Waals surface area contributed by atoms with Crippen LogP contribution in [0.25, 0.3) is 0 Å². The van der Waals surface area contributed by atoms with E-state index < -0.39 is 0 Å². The first-order valence-electron chi connectivity index (χ1n) is 20.5. The van der Waals surface area contributed by atoms with Crippen LogP contribution in [0.15, 0.2) is 61.4 Å². The minimum atomic E-state index is 0.0272. The van der Waals surface area contributed by atoms with E-state index in [9.17, 15) is 9.59 Å². The SMILES string of the molecule is C1CCNCC1.C=C/C=C\C=C/C.CC.CC.CC(C)C(=O)N1CCCC1.CCC(=O)N(CCOCCO)CCN(C)C.CCC(C)c1ccccn1. The second kappa shape index (κ2) is 45.3. The van der Waals surface area contributed by atoms with E-state index in [0.717, 1.165) is 32.6 Å². The summed E-state index contributed by atoms with van der Waals surface area (Å²) in [6.45, 7) is 31.1.